The van der Waals surface area contributed by atoms with E-state index < -0.39 is 0 Å². The van der Waals surface area contributed by atoms with Gasteiger partial charge in [0.25, 0.3) is 0 Å². The summed E-state index contributed by atoms with van der Waals surface area (Å²) in [6, 6.07) is 6.79. The number of rotatable bonds is 4. The summed E-state index contributed by atoms with van der Waals surface area (Å²) in [6.45, 7) is 0.778. The second-order valence-electron chi connectivity index (χ2n) is 4.47. The summed E-state index contributed by atoms with van der Waals surface area (Å²) in [5.74, 6) is 5.37. The van der Waals surface area contributed by atoms with Gasteiger partial charge in [-0.25, -0.2) is 4.39 Å². The highest BCUT2D eigenvalue weighted by Gasteiger charge is 2.24. The van der Waals surface area contributed by atoms with Crippen LogP contribution < -0.4 is 11.3 Å². The molecular formula is C13H19FN2O. The van der Waals surface area contributed by atoms with Gasteiger partial charge in [-0.3, -0.25) is 11.3 Å². The molecule has 1 fully saturated rings. The molecule has 17 heavy (non-hydrogen) atoms. The zero-order valence-corrected chi connectivity index (χ0v) is 9.86. The van der Waals surface area contributed by atoms with Crippen LogP contribution in [0.4, 0.5) is 4.39 Å². The highest BCUT2D eigenvalue weighted by atomic mass is 19.1. The second-order valence-corrected chi connectivity index (χ2v) is 4.47. The average molecular weight is 238 g/mol. The first kappa shape index (κ1) is 12.5. The number of hydrazine groups is 1. The highest BCUT2D eigenvalue weighted by Crippen LogP contribution is 2.19. The lowest BCUT2D eigenvalue weighted by Gasteiger charge is -2.30. The van der Waals surface area contributed by atoms with E-state index in [0.717, 1.165) is 25.9 Å². The van der Waals surface area contributed by atoms with Gasteiger partial charge in [0.2, 0.25) is 0 Å². The van der Waals surface area contributed by atoms with E-state index in [4.69, 9.17) is 10.6 Å². The van der Waals surface area contributed by atoms with E-state index >= 15 is 0 Å². The third-order valence-electron chi connectivity index (χ3n) is 3.28. The van der Waals surface area contributed by atoms with Gasteiger partial charge in [-0.1, -0.05) is 18.2 Å². The van der Waals surface area contributed by atoms with E-state index in [1.54, 1.807) is 12.1 Å². The fraction of sp³-hybridized carbons (Fsp3) is 0.538. The zero-order chi connectivity index (χ0) is 12.1. The van der Waals surface area contributed by atoms with Crippen LogP contribution in [0.2, 0.25) is 0 Å². The molecule has 1 saturated heterocycles. The van der Waals surface area contributed by atoms with E-state index in [1.165, 1.54) is 6.07 Å². The molecule has 0 aromatic heterocycles. The number of ether oxygens (including phenoxy) is 1. The Kier molecular flexibility index (Phi) is 4.48. The maximum Gasteiger partial charge on any atom is 0.126 e. The molecule has 0 aliphatic carbocycles. The van der Waals surface area contributed by atoms with Crippen LogP contribution in [0.3, 0.4) is 0 Å². The summed E-state index contributed by atoms with van der Waals surface area (Å²) in [5, 5.41) is 0. The monoisotopic (exact) mass is 238 g/mol. The zero-order valence-electron chi connectivity index (χ0n) is 9.86. The predicted octanol–water partition coefficient (Wildman–Crippen LogP) is 1.77. The lowest BCUT2D eigenvalue weighted by atomic mass is 9.96. The Labute approximate surface area is 101 Å². The maximum absolute atomic E-state index is 13.5. The van der Waals surface area contributed by atoms with Gasteiger partial charge in [0, 0.05) is 6.61 Å². The SMILES string of the molecule is NNC(Cc1ccccc1F)C1CCCCO1. The number of benzene rings is 1. The molecule has 0 spiro atoms. The van der Waals surface area contributed by atoms with E-state index in [2.05, 4.69) is 5.43 Å². The first-order valence-corrected chi connectivity index (χ1v) is 6.12. The van der Waals surface area contributed by atoms with E-state index in [-0.39, 0.29) is 18.0 Å². The molecular weight excluding hydrogens is 219 g/mol. The molecule has 0 bridgehead atoms. The van der Waals surface area contributed by atoms with Crippen LogP contribution in [0.25, 0.3) is 0 Å². The van der Waals surface area contributed by atoms with Crippen molar-refractivity contribution in [2.75, 3.05) is 6.61 Å². The van der Waals surface area contributed by atoms with Crippen LogP contribution in [-0.2, 0) is 11.2 Å². The summed E-state index contributed by atoms with van der Waals surface area (Å²) in [5.41, 5.74) is 3.44. The van der Waals surface area contributed by atoms with E-state index in [9.17, 15) is 4.39 Å². The summed E-state index contributed by atoms with van der Waals surface area (Å²) >= 11 is 0. The molecule has 2 unspecified atom stereocenters. The quantitative estimate of drug-likeness (QED) is 0.621. The summed E-state index contributed by atoms with van der Waals surface area (Å²) < 4.78 is 19.2. The van der Waals surface area contributed by atoms with Crippen LogP contribution in [0.15, 0.2) is 24.3 Å². The molecule has 1 aliphatic heterocycles. The Hall–Kier alpha value is -0.970. The minimum absolute atomic E-state index is 0.0211. The molecule has 94 valence electrons. The first-order chi connectivity index (χ1) is 8.31. The van der Waals surface area contributed by atoms with Gasteiger partial charge in [-0.2, -0.15) is 0 Å². The van der Waals surface area contributed by atoms with Crippen molar-refractivity contribution in [1.29, 1.82) is 0 Å². The Morgan fingerprint density at radius 3 is 2.88 bits per heavy atom. The fourth-order valence-corrected chi connectivity index (χ4v) is 2.28. The van der Waals surface area contributed by atoms with Crippen LogP contribution in [-0.4, -0.2) is 18.8 Å². The molecule has 0 amide bonds. The van der Waals surface area contributed by atoms with E-state index in [1.807, 2.05) is 6.07 Å². The van der Waals surface area contributed by atoms with Gasteiger partial charge in [-0.15, -0.1) is 0 Å². The van der Waals surface area contributed by atoms with Gasteiger partial charge >= 0.3 is 0 Å². The summed E-state index contributed by atoms with van der Waals surface area (Å²) in [4.78, 5) is 0. The molecule has 1 aromatic rings. The van der Waals surface area contributed by atoms with Crippen molar-refractivity contribution in [2.45, 2.75) is 37.8 Å². The minimum Gasteiger partial charge on any atom is -0.377 e. The van der Waals surface area contributed by atoms with Gasteiger partial charge in [0.15, 0.2) is 0 Å². The third-order valence-corrected chi connectivity index (χ3v) is 3.28. The van der Waals surface area contributed by atoms with Crippen molar-refractivity contribution < 1.29 is 9.13 Å². The van der Waals surface area contributed by atoms with Gasteiger partial charge in [-0.05, 0) is 37.3 Å². The summed E-state index contributed by atoms with van der Waals surface area (Å²) in [7, 11) is 0. The van der Waals surface area contributed by atoms with Crippen molar-refractivity contribution in [3.05, 3.63) is 35.6 Å². The maximum atomic E-state index is 13.5. The number of nitrogens with one attached hydrogen (secondary N) is 1. The topological polar surface area (TPSA) is 47.3 Å². The fourth-order valence-electron chi connectivity index (χ4n) is 2.28. The molecule has 1 heterocycles. The first-order valence-electron chi connectivity index (χ1n) is 6.12. The van der Waals surface area contributed by atoms with Crippen LogP contribution in [0.5, 0.6) is 0 Å². The number of halogens is 1. The van der Waals surface area contributed by atoms with Crippen LogP contribution in [0.1, 0.15) is 24.8 Å². The molecule has 1 aromatic carbocycles. The molecule has 0 radical (unpaired) electrons. The lowest BCUT2D eigenvalue weighted by Crippen LogP contribution is -2.47. The van der Waals surface area contributed by atoms with Gasteiger partial charge in [0.05, 0.1) is 12.1 Å². The molecule has 1 aliphatic rings. The Bertz CT molecular complexity index is 353. The largest absolute Gasteiger partial charge is 0.377 e. The average Bonchev–Trinajstić information content (AvgIpc) is 2.39. The normalized spacial score (nSPS) is 22.4. The van der Waals surface area contributed by atoms with Crippen LogP contribution in [0, 0.1) is 5.82 Å². The third kappa shape index (κ3) is 3.25. The van der Waals surface area contributed by atoms with Gasteiger partial charge in [0.1, 0.15) is 5.82 Å². The Morgan fingerprint density at radius 1 is 1.41 bits per heavy atom. The van der Waals surface area contributed by atoms with Crippen molar-refractivity contribution in [2.24, 2.45) is 5.84 Å². The molecule has 0 saturated carbocycles. The van der Waals surface area contributed by atoms with Crippen molar-refractivity contribution >= 4 is 0 Å². The van der Waals surface area contributed by atoms with Gasteiger partial charge < -0.3 is 4.74 Å². The predicted molar refractivity (Wildman–Crippen MR) is 64.8 cm³/mol. The van der Waals surface area contributed by atoms with E-state index in [0.29, 0.717) is 12.0 Å². The van der Waals surface area contributed by atoms with Crippen molar-refractivity contribution in [3.63, 3.8) is 0 Å². The summed E-state index contributed by atoms with van der Waals surface area (Å²) in [6.07, 6.45) is 3.90. The number of nitrogens with two attached hydrogens (primary N) is 1. The molecule has 4 heteroatoms. The molecule has 3 nitrogen and oxygen atoms in total. The highest BCUT2D eigenvalue weighted by molar-refractivity contribution is 5.18. The Morgan fingerprint density at radius 2 is 2.24 bits per heavy atom. The van der Waals surface area contributed by atoms with Crippen molar-refractivity contribution in [1.82, 2.24) is 5.43 Å². The number of hydrogen-bond donors (Lipinski definition) is 2. The molecule has 2 atom stereocenters. The van der Waals surface area contributed by atoms with Crippen molar-refractivity contribution in [3.8, 4) is 0 Å². The van der Waals surface area contributed by atoms with Crippen LogP contribution >= 0.6 is 0 Å². The molecule has 2 rings (SSSR count). The molecule has 3 N–H and O–H groups in total. The minimum atomic E-state index is -0.177. The smallest absolute Gasteiger partial charge is 0.126 e. The lowest BCUT2D eigenvalue weighted by molar-refractivity contribution is -0.00758. The standard InChI is InChI=1S/C13H19FN2O/c14-11-6-2-1-5-10(11)9-12(16-15)13-7-3-4-8-17-13/h1-2,5-6,12-13,16H,3-4,7-9,15H2. The number of hydrogen-bond acceptors (Lipinski definition) is 3. The Balaban J connectivity index is 2.01. The second kappa shape index (κ2) is 6.10.